The van der Waals surface area contributed by atoms with E-state index in [1.165, 1.54) is 51.4 Å². The van der Waals surface area contributed by atoms with Crippen molar-refractivity contribution in [3.05, 3.63) is 97.2 Å². The van der Waals surface area contributed by atoms with Crippen molar-refractivity contribution < 1.29 is 44.2 Å². The summed E-state index contributed by atoms with van der Waals surface area (Å²) in [4.78, 5) is 12.8. The van der Waals surface area contributed by atoms with Gasteiger partial charge in [-0.05, 0) is 89.9 Å². The molecule has 61 heavy (non-hydrogen) atoms. The molecule has 0 aromatic carbocycles. The fourth-order valence-corrected chi connectivity index (χ4v) is 6.54. The standard InChI is InChI=1S/C52H86O9/c1-3-5-7-9-11-13-15-17-19-21-23-24-26-28-30-32-34-36-38-40-42-58-44-46(45-59-52-51(57)50(56)49(55)47(43-53)61-52)60-48(54)41-39-37-35-33-31-29-27-25-22-20-18-16-14-12-10-8-6-4-2/h5,7,11,13-14,16-17,19-20,22-24,28,30,34,36,46-47,49-53,55-57H,3-4,6,8-10,12,15,18,21,25-27,29,31-33,35,37-45H2,1-2H3/b7-5-,13-11-,16-14-,19-17-,22-20-,24-23-,30-28-,36-34-. The molecule has 0 aromatic heterocycles. The first kappa shape index (κ1) is 56.1. The molecule has 1 fully saturated rings. The van der Waals surface area contributed by atoms with Crippen molar-refractivity contribution in [1.29, 1.82) is 0 Å². The predicted octanol–water partition coefficient (Wildman–Crippen LogP) is 11.2. The number of hydrogen-bond acceptors (Lipinski definition) is 9. The molecular weight excluding hydrogens is 769 g/mol. The zero-order valence-corrected chi connectivity index (χ0v) is 38.1. The Balaban J connectivity index is 2.31. The van der Waals surface area contributed by atoms with Crippen LogP contribution < -0.4 is 0 Å². The fraction of sp³-hybridized carbons (Fsp3) is 0.673. The minimum absolute atomic E-state index is 0.0952. The summed E-state index contributed by atoms with van der Waals surface area (Å²) in [6.45, 7) is 4.25. The smallest absolute Gasteiger partial charge is 0.306 e. The van der Waals surface area contributed by atoms with Gasteiger partial charge in [0.25, 0.3) is 0 Å². The second-order valence-electron chi connectivity index (χ2n) is 15.8. The largest absolute Gasteiger partial charge is 0.457 e. The van der Waals surface area contributed by atoms with Gasteiger partial charge < -0.3 is 39.4 Å². The molecule has 0 aliphatic carbocycles. The molecule has 1 rings (SSSR count). The van der Waals surface area contributed by atoms with Gasteiger partial charge in [0.05, 0.1) is 19.8 Å². The lowest BCUT2D eigenvalue weighted by Crippen LogP contribution is -2.59. The summed E-state index contributed by atoms with van der Waals surface area (Å²) in [6, 6.07) is 0. The summed E-state index contributed by atoms with van der Waals surface area (Å²) in [5, 5.41) is 40.2. The molecule has 0 amide bonds. The molecule has 0 saturated carbocycles. The first-order valence-corrected chi connectivity index (χ1v) is 23.8. The molecule has 0 aromatic rings. The van der Waals surface area contributed by atoms with Crippen molar-refractivity contribution in [2.45, 2.75) is 198 Å². The number of aliphatic hydroxyl groups excluding tert-OH is 4. The number of rotatable bonds is 39. The van der Waals surface area contributed by atoms with Crippen LogP contribution in [0, 0.1) is 0 Å². The number of carbonyl (C=O) groups excluding carboxylic acids is 1. The normalized spacial score (nSPS) is 20.8. The van der Waals surface area contributed by atoms with Crippen LogP contribution in [0.4, 0.5) is 0 Å². The van der Waals surface area contributed by atoms with Crippen LogP contribution in [0.2, 0.25) is 0 Å². The van der Waals surface area contributed by atoms with Crippen LogP contribution in [0.25, 0.3) is 0 Å². The highest BCUT2D eigenvalue weighted by Gasteiger charge is 2.44. The van der Waals surface area contributed by atoms with E-state index in [1.54, 1.807) is 0 Å². The van der Waals surface area contributed by atoms with Gasteiger partial charge in [-0.1, -0.05) is 162 Å². The van der Waals surface area contributed by atoms with Crippen LogP contribution in [0.5, 0.6) is 0 Å². The topological polar surface area (TPSA) is 135 Å². The zero-order chi connectivity index (χ0) is 44.3. The minimum atomic E-state index is -1.55. The molecule has 4 N–H and O–H groups in total. The summed E-state index contributed by atoms with van der Waals surface area (Å²) < 4.78 is 22.8. The molecule has 1 aliphatic heterocycles. The highest BCUT2D eigenvalue weighted by molar-refractivity contribution is 5.69. The third kappa shape index (κ3) is 33.4. The van der Waals surface area contributed by atoms with E-state index in [9.17, 15) is 25.2 Å². The van der Waals surface area contributed by atoms with E-state index in [0.717, 1.165) is 89.9 Å². The molecular formula is C52H86O9. The number of esters is 1. The van der Waals surface area contributed by atoms with Gasteiger partial charge >= 0.3 is 5.97 Å². The maximum atomic E-state index is 12.8. The average molecular weight is 855 g/mol. The number of aliphatic hydroxyl groups is 4. The Hall–Kier alpha value is -2.89. The summed E-state index contributed by atoms with van der Waals surface area (Å²) >= 11 is 0. The lowest BCUT2D eigenvalue weighted by atomic mass is 9.99. The summed E-state index contributed by atoms with van der Waals surface area (Å²) in [5.41, 5.74) is 0. The molecule has 6 unspecified atom stereocenters. The van der Waals surface area contributed by atoms with E-state index in [2.05, 4.69) is 111 Å². The third-order valence-electron chi connectivity index (χ3n) is 10.2. The average Bonchev–Trinajstić information content (AvgIpc) is 3.26. The van der Waals surface area contributed by atoms with Gasteiger partial charge in [-0.15, -0.1) is 0 Å². The Morgan fingerprint density at radius 2 is 1.00 bits per heavy atom. The van der Waals surface area contributed by atoms with Crippen LogP contribution in [0.1, 0.15) is 162 Å². The number of allylic oxidation sites excluding steroid dienone is 16. The molecule has 1 aliphatic rings. The monoisotopic (exact) mass is 855 g/mol. The summed E-state index contributed by atoms with van der Waals surface area (Å²) in [7, 11) is 0. The van der Waals surface area contributed by atoms with E-state index in [0.29, 0.717) is 6.61 Å². The van der Waals surface area contributed by atoms with E-state index < -0.39 is 43.4 Å². The Morgan fingerprint density at radius 3 is 1.51 bits per heavy atom. The summed E-state index contributed by atoms with van der Waals surface area (Å²) in [5.74, 6) is -0.345. The Bertz CT molecular complexity index is 1250. The third-order valence-corrected chi connectivity index (χ3v) is 10.2. The number of carbonyl (C=O) groups is 1. The fourth-order valence-electron chi connectivity index (χ4n) is 6.54. The van der Waals surface area contributed by atoms with Crippen molar-refractivity contribution >= 4 is 5.97 Å². The molecule has 0 spiro atoms. The molecule has 0 bridgehead atoms. The summed E-state index contributed by atoms with van der Waals surface area (Å²) in [6.07, 6.45) is 51.5. The van der Waals surface area contributed by atoms with Crippen LogP contribution in [0.15, 0.2) is 97.2 Å². The van der Waals surface area contributed by atoms with Crippen LogP contribution >= 0.6 is 0 Å². The van der Waals surface area contributed by atoms with Gasteiger partial charge in [-0.3, -0.25) is 4.79 Å². The van der Waals surface area contributed by atoms with Gasteiger partial charge in [0.2, 0.25) is 0 Å². The maximum Gasteiger partial charge on any atom is 0.306 e. The van der Waals surface area contributed by atoms with E-state index >= 15 is 0 Å². The van der Waals surface area contributed by atoms with Crippen molar-refractivity contribution in [3.63, 3.8) is 0 Å². The predicted molar refractivity (Wildman–Crippen MR) is 251 cm³/mol. The molecule has 348 valence electrons. The van der Waals surface area contributed by atoms with E-state index in [4.69, 9.17) is 18.9 Å². The molecule has 1 saturated heterocycles. The number of unbranched alkanes of at least 4 members (excludes halogenated alkanes) is 12. The lowest BCUT2D eigenvalue weighted by molar-refractivity contribution is -0.305. The van der Waals surface area contributed by atoms with Crippen molar-refractivity contribution in [2.24, 2.45) is 0 Å². The van der Waals surface area contributed by atoms with Gasteiger partial charge in [0.1, 0.15) is 30.5 Å². The van der Waals surface area contributed by atoms with Gasteiger partial charge in [-0.25, -0.2) is 0 Å². The molecule has 0 radical (unpaired) electrons. The quantitative estimate of drug-likeness (QED) is 0.0271. The van der Waals surface area contributed by atoms with Gasteiger partial charge in [0, 0.05) is 13.0 Å². The second-order valence-corrected chi connectivity index (χ2v) is 15.8. The van der Waals surface area contributed by atoms with Crippen LogP contribution in [0.3, 0.4) is 0 Å². The first-order valence-electron chi connectivity index (χ1n) is 23.8. The van der Waals surface area contributed by atoms with Gasteiger partial charge in [-0.2, -0.15) is 0 Å². The van der Waals surface area contributed by atoms with Crippen LogP contribution in [-0.4, -0.2) is 89.6 Å². The Morgan fingerprint density at radius 1 is 0.541 bits per heavy atom. The van der Waals surface area contributed by atoms with Crippen molar-refractivity contribution in [1.82, 2.24) is 0 Å². The zero-order valence-electron chi connectivity index (χ0n) is 38.1. The minimum Gasteiger partial charge on any atom is -0.457 e. The number of hydrogen-bond donors (Lipinski definition) is 4. The Labute approximate surface area is 371 Å². The van der Waals surface area contributed by atoms with Crippen LogP contribution in [-0.2, 0) is 23.7 Å². The van der Waals surface area contributed by atoms with Crippen molar-refractivity contribution in [3.8, 4) is 0 Å². The second kappa shape index (κ2) is 42.4. The molecule has 9 nitrogen and oxygen atoms in total. The highest BCUT2D eigenvalue weighted by Crippen LogP contribution is 2.22. The van der Waals surface area contributed by atoms with E-state index in [-0.39, 0.29) is 25.6 Å². The van der Waals surface area contributed by atoms with E-state index in [1.807, 2.05) is 0 Å². The number of ether oxygens (including phenoxy) is 4. The van der Waals surface area contributed by atoms with Crippen molar-refractivity contribution in [2.75, 3.05) is 26.4 Å². The molecule has 6 atom stereocenters. The maximum absolute atomic E-state index is 12.8. The van der Waals surface area contributed by atoms with Gasteiger partial charge in [0.15, 0.2) is 6.29 Å². The SMILES string of the molecule is CC/C=C\C/C=C\C/C=C\C/C=C\C/C=C\C/C=C\CCCOCC(COC1OC(CO)C(O)C(O)C1O)OC(=O)CCCCCCCCC/C=C\C/C=C\CCCCCC. The Kier molecular flexibility index (Phi) is 39.0. The molecule has 9 heteroatoms. The highest BCUT2D eigenvalue weighted by atomic mass is 16.7. The molecule has 1 heterocycles. The lowest BCUT2D eigenvalue weighted by Gasteiger charge is -2.39. The first-order chi connectivity index (χ1) is 29.9.